The van der Waals surface area contributed by atoms with Crippen molar-refractivity contribution in [2.24, 2.45) is 5.73 Å². The Labute approximate surface area is 73.9 Å². The van der Waals surface area contributed by atoms with E-state index in [9.17, 15) is 0 Å². The number of nitrogens with two attached hydrogens (primary N) is 1. The van der Waals surface area contributed by atoms with Gasteiger partial charge in [0, 0.05) is 18.6 Å². The predicted molar refractivity (Wildman–Crippen MR) is 48.0 cm³/mol. The third kappa shape index (κ3) is 1.16. The molecule has 0 spiro atoms. The Morgan fingerprint density at radius 3 is 3.08 bits per heavy atom. The molecule has 70 valence electrons. The molecule has 0 aromatic heterocycles. The highest BCUT2D eigenvalue weighted by molar-refractivity contribution is 4.99. The molecule has 0 amide bonds. The van der Waals surface area contributed by atoms with Crippen molar-refractivity contribution in [3.63, 3.8) is 0 Å². The second kappa shape index (κ2) is 3.32. The monoisotopic (exact) mass is 170 g/mol. The van der Waals surface area contributed by atoms with Gasteiger partial charge in [0.25, 0.3) is 0 Å². The molecule has 0 radical (unpaired) electrons. The third-order valence-corrected chi connectivity index (χ3v) is 3.05. The van der Waals surface area contributed by atoms with Crippen molar-refractivity contribution in [2.45, 2.75) is 38.0 Å². The number of likely N-dealkylation sites (tertiary alicyclic amines) is 1. The summed E-state index contributed by atoms with van der Waals surface area (Å²) in [5.41, 5.74) is 5.72. The van der Waals surface area contributed by atoms with E-state index in [1.807, 2.05) is 0 Å². The van der Waals surface area contributed by atoms with Crippen LogP contribution in [0.1, 0.15) is 19.8 Å². The lowest BCUT2D eigenvalue weighted by Crippen LogP contribution is -2.49. The van der Waals surface area contributed by atoms with Gasteiger partial charge in [0.15, 0.2) is 0 Å². The highest BCUT2D eigenvalue weighted by atomic mass is 16.5. The first-order valence-corrected chi connectivity index (χ1v) is 4.94. The van der Waals surface area contributed by atoms with Gasteiger partial charge in [-0.1, -0.05) is 6.92 Å². The molecule has 3 atom stereocenters. The first kappa shape index (κ1) is 8.48. The Hall–Kier alpha value is -0.120. The van der Waals surface area contributed by atoms with Gasteiger partial charge in [0.2, 0.25) is 0 Å². The molecule has 2 N–H and O–H groups in total. The van der Waals surface area contributed by atoms with Gasteiger partial charge >= 0.3 is 0 Å². The third-order valence-electron chi connectivity index (χ3n) is 3.05. The number of fused-ring (bicyclic) bond motifs is 2. The molecule has 3 nitrogen and oxygen atoms in total. The number of hydrogen-bond donors (Lipinski definition) is 1. The topological polar surface area (TPSA) is 38.5 Å². The van der Waals surface area contributed by atoms with Crippen LogP contribution in [0.4, 0.5) is 0 Å². The fraction of sp³-hybridized carbons (Fsp3) is 1.00. The van der Waals surface area contributed by atoms with E-state index >= 15 is 0 Å². The standard InChI is InChI=1S/C9H18N2O/c1-2-3-11-7-4-9(12-6-7)8(11)5-10/h7-9H,2-6,10H2,1H3. The molecule has 2 fully saturated rings. The van der Waals surface area contributed by atoms with Gasteiger partial charge in [-0.05, 0) is 19.4 Å². The van der Waals surface area contributed by atoms with Crippen LogP contribution in [-0.2, 0) is 4.74 Å². The second-order valence-corrected chi connectivity index (χ2v) is 3.80. The van der Waals surface area contributed by atoms with E-state index in [0.717, 1.165) is 13.2 Å². The van der Waals surface area contributed by atoms with Crippen LogP contribution in [-0.4, -0.2) is 42.8 Å². The van der Waals surface area contributed by atoms with Gasteiger partial charge in [-0.3, -0.25) is 4.90 Å². The summed E-state index contributed by atoms with van der Waals surface area (Å²) in [6, 6.07) is 1.17. The first-order valence-electron chi connectivity index (χ1n) is 4.94. The van der Waals surface area contributed by atoms with Crippen molar-refractivity contribution in [1.82, 2.24) is 4.90 Å². The molecule has 2 heterocycles. The minimum absolute atomic E-state index is 0.437. The van der Waals surface area contributed by atoms with Crippen LogP contribution in [0.15, 0.2) is 0 Å². The SMILES string of the molecule is CCCN1C2COC(C2)C1CN. The number of ether oxygens (including phenoxy) is 1. The minimum atomic E-state index is 0.437. The highest BCUT2D eigenvalue weighted by Crippen LogP contribution is 2.32. The fourth-order valence-electron chi connectivity index (χ4n) is 2.52. The molecule has 0 aliphatic carbocycles. The highest BCUT2D eigenvalue weighted by Gasteiger charge is 2.45. The molecule has 2 saturated heterocycles. The van der Waals surface area contributed by atoms with Gasteiger partial charge in [-0.25, -0.2) is 0 Å². The van der Waals surface area contributed by atoms with Crippen LogP contribution in [0.2, 0.25) is 0 Å². The molecule has 2 aliphatic rings. The second-order valence-electron chi connectivity index (χ2n) is 3.80. The average molecular weight is 170 g/mol. The van der Waals surface area contributed by atoms with E-state index in [1.165, 1.54) is 19.4 Å². The number of rotatable bonds is 3. The van der Waals surface area contributed by atoms with Crippen LogP contribution in [0.5, 0.6) is 0 Å². The molecule has 12 heavy (non-hydrogen) atoms. The zero-order valence-electron chi connectivity index (χ0n) is 7.70. The maximum Gasteiger partial charge on any atom is 0.0759 e. The summed E-state index contributed by atoms with van der Waals surface area (Å²) < 4.78 is 5.61. The van der Waals surface area contributed by atoms with E-state index in [-0.39, 0.29) is 0 Å². The fourth-order valence-corrected chi connectivity index (χ4v) is 2.52. The molecule has 3 heteroatoms. The molecular weight excluding hydrogens is 152 g/mol. The number of nitrogens with zero attached hydrogens (tertiary/aromatic N) is 1. The largest absolute Gasteiger partial charge is 0.375 e. The number of morpholine rings is 1. The lowest BCUT2D eigenvalue weighted by atomic mass is 10.2. The summed E-state index contributed by atoms with van der Waals surface area (Å²) in [6.07, 6.45) is 2.87. The summed E-state index contributed by atoms with van der Waals surface area (Å²) in [5.74, 6) is 0. The maximum atomic E-state index is 5.72. The normalized spacial score (nSPS) is 41.0. The van der Waals surface area contributed by atoms with Gasteiger partial charge in [0.05, 0.1) is 12.7 Å². The molecule has 2 aliphatic heterocycles. The molecule has 3 unspecified atom stereocenters. The van der Waals surface area contributed by atoms with Crippen molar-refractivity contribution in [2.75, 3.05) is 19.7 Å². The van der Waals surface area contributed by atoms with Crippen LogP contribution in [0, 0.1) is 0 Å². The van der Waals surface area contributed by atoms with Crippen LogP contribution in [0.25, 0.3) is 0 Å². The van der Waals surface area contributed by atoms with Crippen LogP contribution in [0.3, 0.4) is 0 Å². The minimum Gasteiger partial charge on any atom is -0.375 e. The Morgan fingerprint density at radius 2 is 2.42 bits per heavy atom. The lowest BCUT2D eigenvalue weighted by Gasteiger charge is -2.33. The van der Waals surface area contributed by atoms with E-state index < -0.39 is 0 Å². The van der Waals surface area contributed by atoms with Gasteiger partial charge in [-0.15, -0.1) is 0 Å². The van der Waals surface area contributed by atoms with E-state index in [0.29, 0.717) is 18.2 Å². The molecule has 0 aromatic rings. The van der Waals surface area contributed by atoms with E-state index in [1.54, 1.807) is 0 Å². The summed E-state index contributed by atoms with van der Waals surface area (Å²) in [7, 11) is 0. The zero-order valence-corrected chi connectivity index (χ0v) is 7.70. The van der Waals surface area contributed by atoms with Crippen molar-refractivity contribution in [3.05, 3.63) is 0 Å². The Kier molecular flexibility index (Phi) is 2.35. The quantitative estimate of drug-likeness (QED) is 0.657. The van der Waals surface area contributed by atoms with Crippen molar-refractivity contribution in [1.29, 1.82) is 0 Å². The summed E-state index contributed by atoms with van der Waals surface area (Å²) in [6.45, 7) is 5.09. The molecular formula is C9H18N2O. The zero-order chi connectivity index (χ0) is 8.55. The molecule has 2 bridgehead atoms. The Morgan fingerprint density at radius 1 is 1.58 bits per heavy atom. The summed E-state index contributed by atoms with van der Waals surface area (Å²) in [4.78, 5) is 2.54. The lowest BCUT2D eigenvalue weighted by molar-refractivity contribution is -0.0109. The number of hydrogen-bond acceptors (Lipinski definition) is 3. The summed E-state index contributed by atoms with van der Waals surface area (Å²) >= 11 is 0. The van der Waals surface area contributed by atoms with Gasteiger partial charge in [0.1, 0.15) is 0 Å². The molecule has 2 rings (SSSR count). The van der Waals surface area contributed by atoms with E-state index in [2.05, 4.69) is 11.8 Å². The van der Waals surface area contributed by atoms with Gasteiger partial charge in [-0.2, -0.15) is 0 Å². The maximum absolute atomic E-state index is 5.72. The van der Waals surface area contributed by atoms with Crippen molar-refractivity contribution in [3.8, 4) is 0 Å². The van der Waals surface area contributed by atoms with Gasteiger partial charge < -0.3 is 10.5 Å². The van der Waals surface area contributed by atoms with Crippen LogP contribution < -0.4 is 5.73 Å². The van der Waals surface area contributed by atoms with Crippen molar-refractivity contribution >= 4 is 0 Å². The summed E-state index contributed by atoms with van der Waals surface area (Å²) in [5, 5.41) is 0. The molecule has 0 saturated carbocycles. The van der Waals surface area contributed by atoms with E-state index in [4.69, 9.17) is 10.5 Å². The van der Waals surface area contributed by atoms with Crippen molar-refractivity contribution < 1.29 is 4.74 Å². The van der Waals surface area contributed by atoms with Crippen LogP contribution >= 0.6 is 0 Å². The molecule has 0 aromatic carbocycles. The Balaban J connectivity index is 2.01. The average Bonchev–Trinajstić information content (AvgIpc) is 2.64. The Bertz CT molecular complexity index is 163. The smallest absolute Gasteiger partial charge is 0.0759 e. The predicted octanol–water partition coefficient (Wildman–Crippen LogP) is 0.197. The first-order chi connectivity index (χ1) is 5.86.